The topological polar surface area (TPSA) is 49.3 Å². The van der Waals surface area contributed by atoms with Crippen LogP contribution < -0.4 is 5.32 Å². The van der Waals surface area contributed by atoms with E-state index in [4.69, 9.17) is 5.11 Å². The highest BCUT2D eigenvalue weighted by molar-refractivity contribution is 7.14. The number of nitrogens with one attached hydrogen (secondary N) is 1. The van der Waals surface area contributed by atoms with Crippen LogP contribution in [0.4, 0.5) is 0 Å². The first-order chi connectivity index (χ1) is 8.18. The second-order valence-corrected chi connectivity index (χ2v) is 7.51. The van der Waals surface area contributed by atoms with Gasteiger partial charge in [-0.15, -0.1) is 11.3 Å². The molecule has 0 radical (unpaired) electrons. The minimum Gasteiger partial charge on any atom is -0.477 e. The molecule has 0 saturated heterocycles. The van der Waals surface area contributed by atoms with Crippen LogP contribution in [-0.4, -0.2) is 17.1 Å². The predicted molar refractivity (Wildman–Crippen MR) is 74.2 cm³/mol. The highest BCUT2D eigenvalue weighted by Gasteiger charge is 2.64. The van der Waals surface area contributed by atoms with Crippen LogP contribution in [0.3, 0.4) is 0 Å². The summed E-state index contributed by atoms with van der Waals surface area (Å²) in [4.78, 5) is 12.4. The number of carbonyl (C=O) groups is 1. The van der Waals surface area contributed by atoms with E-state index in [9.17, 15) is 4.79 Å². The lowest BCUT2D eigenvalue weighted by Gasteiger charge is -2.05. The van der Waals surface area contributed by atoms with Crippen molar-refractivity contribution in [2.45, 2.75) is 47.2 Å². The highest BCUT2D eigenvalue weighted by Crippen LogP contribution is 2.62. The maximum absolute atomic E-state index is 10.9. The molecule has 0 aliphatic heterocycles. The van der Waals surface area contributed by atoms with Crippen LogP contribution in [0.1, 0.15) is 47.8 Å². The summed E-state index contributed by atoms with van der Waals surface area (Å²) in [5, 5.41) is 12.5. The van der Waals surface area contributed by atoms with Gasteiger partial charge in [0.1, 0.15) is 4.88 Å². The summed E-state index contributed by atoms with van der Waals surface area (Å²) in [6.45, 7) is 11.8. The third kappa shape index (κ3) is 1.97. The lowest BCUT2D eigenvalue weighted by molar-refractivity contribution is 0.0702. The number of rotatable bonds is 4. The Morgan fingerprint density at radius 2 is 1.94 bits per heavy atom. The molecule has 0 atom stereocenters. The average Bonchev–Trinajstić information content (AvgIpc) is 2.57. The molecular formula is C14H21NO2S. The van der Waals surface area contributed by atoms with Gasteiger partial charge < -0.3 is 10.4 Å². The lowest BCUT2D eigenvalue weighted by atomic mass is 10.0. The molecule has 2 N–H and O–H groups in total. The zero-order valence-corrected chi connectivity index (χ0v) is 12.4. The van der Waals surface area contributed by atoms with E-state index in [2.05, 4.69) is 33.0 Å². The highest BCUT2D eigenvalue weighted by atomic mass is 32.1. The van der Waals surface area contributed by atoms with Crippen molar-refractivity contribution >= 4 is 17.3 Å². The first-order valence-corrected chi connectivity index (χ1v) is 7.05. The first kappa shape index (κ1) is 13.6. The molecule has 1 aliphatic rings. The number of hydrogen-bond donors (Lipinski definition) is 2. The molecule has 1 aliphatic carbocycles. The third-order valence-electron chi connectivity index (χ3n) is 4.75. The molecule has 1 heterocycles. The standard InChI is InChI=1S/C14H21NO2S/c1-8-9(6-10(18-8)11(16)17)7-15-12-13(2,3)14(12,4)5/h6,12,15H,7H2,1-5H3,(H,16,17). The molecule has 2 rings (SSSR count). The van der Waals surface area contributed by atoms with Gasteiger partial charge in [-0.3, -0.25) is 0 Å². The molecule has 0 aromatic carbocycles. The van der Waals surface area contributed by atoms with Crippen molar-refractivity contribution in [1.82, 2.24) is 5.32 Å². The molecule has 0 amide bonds. The van der Waals surface area contributed by atoms with Crippen LogP contribution >= 0.6 is 11.3 Å². The van der Waals surface area contributed by atoms with Crippen LogP contribution in [0.15, 0.2) is 6.07 Å². The Balaban J connectivity index is 2.02. The van der Waals surface area contributed by atoms with E-state index in [-0.39, 0.29) is 0 Å². The fourth-order valence-electron chi connectivity index (χ4n) is 2.72. The Morgan fingerprint density at radius 1 is 1.39 bits per heavy atom. The van der Waals surface area contributed by atoms with Gasteiger partial charge in [0.15, 0.2) is 0 Å². The zero-order chi connectivity index (χ0) is 13.7. The van der Waals surface area contributed by atoms with E-state index in [1.807, 2.05) is 6.92 Å². The van der Waals surface area contributed by atoms with Crippen LogP contribution in [0.2, 0.25) is 0 Å². The van der Waals surface area contributed by atoms with Crippen molar-refractivity contribution in [1.29, 1.82) is 0 Å². The molecule has 0 spiro atoms. The number of aryl methyl sites for hydroxylation is 1. The number of carboxylic acid groups (broad SMARTS) is 1. The molecule has 1 aromatic rings. The fraction of sp³-hybridized carbons (Fsp3) is 0.643. The van der Waals surface area contributed by atoms with Crippen molar-refractivity contribution in [3.05, 3.63) is 21.4 Å². The Bertz CT molecular complexity index is 474. The van der Waals surface area contributed by atoms with Gasteiger partial charge in [-0.25, -0.2) is 4.79 Å². The van der Waals surface area contributed by atoms with Gasteiger partial charge in [0.2, 0.25) is 0 Å². The number of hydrogen-bond acceptors (Lipinski definition) is 3. The molecule has 100 valence electrons. The normalized spacial score (nSPS) is 20.9. The summed E-state index contributed by atoms with van der Waals surface area (Å²) in [5.74, 6) is -0.832. The van der Waals surface area contributed by atoms with E-state index < -0.39 is 5.97 Å². The quantitative estimate of drug-likeness (QED) is 0.880. The van der Waals surface area contributed by atoms with E-state index >= 15 is 0 Å². The monoisotopic (exact) mass is 267 g/mol. The van der Waals surface area contributed by atoms with Crippen molar-refractivity contribution in [3.8, 4) is 0 Å². The molecule has 3 nitrogen and oxygen atoms in total. The number of aromatic carboxylic acids is 1. The molecule has 0 unspecified atom stereocenters. The van der Waals surface area contributed by atoms with Gasteiger partial charge in [-0.1, -0.05) is 27.7 Å². The second kappa shape index (κ2) is 4.07. The van der Waals surface area contributed by atoms with Crippen LogP contribution in [0.5, 0.6) is 0 Å². The van der Waals surface area contributed by atoms with Crippen molar-refractivity contribution in [3.63, 3.8) is 0 Å². The summed E-state index contributed by atoms with van der Waals surface area (Å²) >= 11 is 1.35. The van der Waals surface area contributed by atoms with Crippen molar-refractivity contribution in [2.75, 3.05) is 0 Å². The minimum absolute atomic E-state index is 0.312. The van der Waals surface area contributed by atoms with Gasteiger partial charge in [0.05, 0.1) is 0 Å². The summed E-state index contributed by atoms with van der Waals surface area (Å²) < 4.78 is 0. The van der Waals surface area contributed by atoms with Crippen LogP contribution in [0.25, 0.3) is 0 Å². The SMILES string of the molecule is Cc1sc(C(=O)O)cc1CNC1C(C)(C)C1(C)C. The molecule has 1 aromatic heterocycles. The maximum Gasteiger partial charge on any atom is 0.345 e. The average molecular weight is 267 g/mol. The molecule has 1 saturated carbocycles. The molecule has 0 bridgehead atoms. The predicted octanol–water partition coefficient (Wildman–Crippen LogP) is 3.28. The van der Waals surface area contributed by atoms with Gasteiger partial charge >= 0.3 is 5.97 Å². The minimum atomic E-state index is -0.832. The summed E-state index contributed by atoms with van der Waals surface area (Å²) in [6.07, 6.45) is 0. The Kier molecular flexibility index (Phi) is 3.06. The fourth-order valence-corrected chi connectivity index (χ4v) is 3.60. The zero-order valence-electron chi connectivity index (χ0n) is 11.6. The van der Waals surface area contributed by atoms with E-state index in [0.29, 0.717) is 21.7 Å². The number of carboxylic acids is 1. The van der Waals surface area contributed by atoms with E-state index in [0.717, 1.165) is 17.0 Å². The smallest absolute Gasteiger partial charge is 0.345 e. The molecule has 1 fully saturated rings. The third-order valence-corrected chi connectivity index (χ3v) is 5.83. The van der Waals surface area contributed by atoms with Crippen LogP contribution in [0, 0.1) is 17.8 Å². The maximum atomic E-state index is 10.9. The van der Waals surface area contributed by atoms with Gasteiger partial charge in [0.25, 0.3) is 0 Å². The largest absolute Gasteiger partial charge is 0.477 e. The first-order valence-electron chi connectivity index (χ1n) is 6.24. The molecule has 4 heteroatoms. The van der Waals surface area contributed by atoms with Gasteiger partial charge in [0, 0.05) is 17.5 Å². The Labute approximate surface area is 112 Å². The summed E-state index contributed by atoms with van der Waals surface area (Å²) in [5.41, 5.74) is 1.73. The Hall–Kier alpha value is -0.870. The Morgan fingerprint density at radius 3 is 2.33 bits per heavy atom. The summed E-state index contributed by atoms with van der Waals surface area (Å²) in [7, 11) is 0. The lowest BCUT2D eigenvalue weighted by Crippen LogP contribution is -2.21. The van der Waals surface area contributed by atoms with Gasteiger partial charge in [-0.2, -0.15) is 0 Å². The van der Waals surface area contributed by atoms with E-state index in [1.54, 1.807) is 6.07 Å². The van der Waals surface area contributed by atoms with Crippen LogP contribution in [-0.2, 0) is 6.54 Å². The second-order valence-electron chi connectivity index (χ2n) is 6.25. The van der Waals surface area contributed by atoms with Crippen molar-refractivity contribution < 1.29 is 9.90 Å². The number of thiophene rings is 1. The molecule has 18 heavy (non-hydrogen) atoms. The molecular weight excluding hydrogens is 246 g/mol. The van der Waals surface area contributed by atoms with Gasteiger partial charge in [-0.05, 0) is 29.4 Å². The van der Waals surface area contributed by atoms with Crippen molar-refractivity contribution in [2.24, 2.45) is 10.8 Å². The summed E-state index contributed by atoms with van der Waals surface area (Å²) in [6, 6.07) is 2.29. The van der Waals surface area contributed by atoms with E-state index in [1.165, 1.54) is 11.3 Å².